The van der Waals surface area contributed by atoms with Crippen LogP contribution in [0.15, 0.2) is 54.6 Å². The Morgan fingerprint density at radius 1 is 1.15 bits per heavy atom. The Labute approximate surface area is 162 Å². The van der Waals surface area contributed by atoms with Crippen LogP contribution in [-0.4, -0.2) is 29.7 Å². The van der Waals surface area contributed by atoms with E-state index in [0.717, 1.165) is 11.1 Å². The Hall–Kier alpha value is -1.98. The number of rotatable bonds is 6. The number of carbonyl (C=O) groups is 2. The number of Topliss-reactive ketones (excluding diaryl/α,β-unsaturated/α-hetero) is 1. The van der Waals surface area contributed by atoms with Crippen LogP contribution in [0.5, 0.6) is 0 Å². The fourth-order valence-electron chi connectivity index (χ4n) is 3.57. The van der Waals surface area contributed by atoms with Gasteiger partial charge in [0.25, 0.3) is 0 Å². The van der Waals surface area contributed by atoms with E-state index in [2.05, 4.69) is 45.5 Å². The first-order chi connectivity index (χ1) is 12.7. The highest BCUT2D eigenvalue weighted by Gasteiger charge is 2.39. The van der Waals surface area contributed by atoms with Gasteiger partial charge in [-0.3, -0.25) is 9.59 Å². The van der Waals surface area contributed by atoms with Crippen molar-refractivity contribution < 1.29 is 14.3 Å². The highest BCUT2D eigenvalue weighted by molar-refractivity contribution is 9.09. The molecule has 3 atom stereocenters. The first kappa shape index (κ1) is 18.8. The molecule has 2 aromatic rings. The van der Waals surface area contributed by atoms with Crippen molar-refractivity contribution >= 4 is 27.7 Å². The molecule has 136 valence electrons. The van der Waals surface area contributed by atoms with E-state index in [9.17, 15) is 9.59 Å². The van der Waals surface area contributed by atoms with Crippen LogP contribution in [0.4, 0.5) is 0 Å². The lowest BCUT2D eigenvalue weighted by atomic mass is 9.81. The summed E-state index contributed by atoms with van der Waals surface area (Å²) in [5.41, 5.74) is 3.45. The number of hydrogen-bond donors (Lipinski definition) is 1. The molecule has 0 bridgehead atoms. The van der Waals surface area contributed by atoms with Crippen LogP contribution in [-0.2, 0) is 20.7 Å². The van der Waals surface area contributed by atoms with Gasteiger partial charge in [0, 0.05) is 6.04 Å². The van der Waals surface area contributed by atoms with Crippen molar-refractivity contribution in [1.29, 1.82) is 0 Å². The highest BCUT2D eigenvalue weighted by atomic mass is 79.9. The van der Waals surface area contributed by atoms with Crippen molar-refractivity contribution in [3.05, 3.63) is 71.3 Å². The van der Waals surface area contributed by atoms with E-state index in [0.29, 0.717) is 6.42 Å². The predicted octanol–water partition coefficient (Wildman–Crippen LogP) is 3.43. The first-order valence-corrected chi connectivity index (χ1v) is 9.92. The molecule has 1 aliphatic heterocycles. The van der Waals surface area contributed by atoms with E-state index in [4.69, 9.17) is 4.74 Å². The molecule has 1 heterocycles. The lowest BCUT2D eigenvalue weighted by Gasteiger charge is -2.36. The summed E-state index contributed by atoms with van der Waals surface area (Å²) in [4.78, 5) is 25.0. The van der Waals surface area contributed by atoms with Gasteiger partial charge in [0.15, 0.2) is 5.78 Å². The number of esters is 1. The third-order valence-corrected chi connectivity index (χ3v) is 5.29. The second kappa shape index (κ2) is 8.60. The number of carbonyl (C=O) groups excluding carboxylic acids is 2. The molecule has 0 aromatic heterocycles. The minimum Gasteiger partial charge on any atom is -0.465 e. The van der Waals surface area contributed by atoms with Gasteiger partial charge in [-0.15, -0.1) is 0 Å². The molecule has 0 aliphatic carbocycles. The van der Waals surface area contributed by atoms with Crippen molar-refractivity contribution in [2.75, 3.05) is 11.9 Å². The first-order valence-electron chi connectivity index (χ1n) is 8.79. The third-order valence-electron chi connectivity index (χ3n) is 4.74. The van der Waals surface area contributed by atoms with Gasteiger partial charge in [0.2, 0.25) is 0 Å². The number of hydrogen-bond acceptors (Lipinski definition) is 4. The van der Waals surface area contributed by atoms with Crippen LogP contribution in [0.3, 0.4) is 0 Å². The number of halogens is 1. The second-order valence-corrected chi connectivity index (χ2v) is 6.91. The summed E-state index contributed by atoms with van der Waals surface area (Å²) in [5, 5.41) is 3.67. The summed E-state index contributed by atoms with van der Waals surface area (Å²) >= 11 is 3.21. The smallest absolute Gasteiger partial charge is 0.318 e. The zero-order valence-electron chi connectivity index (χ0n) is 14.7. The van der Waals surface area contributed by atoms with Crippen molar-refractivity contribution in [3.63, 3.8) is 0 Å². The zero-order valence-corrected chi connectivity index (χ0v) is 16.2. The number of nitrogens with one attached hydrogen (secondary N) is 1. The summed E-state index contributed by atoms with van der Waals surface area (Å²) in [7, 11) is 0. The molecule has 26 heavy (non-hydrogen) atoms. The van der Waals surface area contributed by atoms with Gasteiger partial charge in [0.1, 0.15) is 5.92 Å². The topological polar surface area (TPSA) is 55.4 Å². The fraction of sp³-hybridized carbons (Fsp3) is 0.333. The maximum atomic E-state index is 12.5. The quantitative estimate of drug-likeness (QED) is 0.446. The Kier molecular flexibility index (Phi) is 6.22. The summed E-state index contributed by atoms with van der Waals surface area (Å²) in [5.74, 6) is -1.44. The lowest BCUT2D eigenvalue weighted by Crippen LogP contribution is -2.50. The standard InChI is InChI=1S/C21H22BrNO3/c1-2-26-21(25)19(18(24)13-22)17-12-15-10-6-7-11-16(15)20(23-17)14-8-4-3-5-9-14/h3-11,17,19-20,23H,2,12-13H2,1H3/t17-,19?,20-/m0/s1. The second-order valence-electron chi connectivity index (χ2n) is 6.35. The number of alkyl halides is 1. The van der Waals surface area contributed by atoms with Crippen LogP contribution < -0.4 is 5.32 Å². The van der Waals surface area contributed by atoms with Gasteiger partial charge < -0.3 is 10.1 Å². The van der Waals surface area contributed by atoms with E-state index in [1.54, 1.807) is 6.92 Å². The van der Waals surface area contributed by atoms with Gasteiger partial charge in [-0.25, -0.2) is 0 Å². The average Bonchev–Trinajstić information content (AvgIpc) is 2.68. The molecule has 0 saturated carbocycles. The van der Waals surface area contributed by atoms with E-state index in [1.807, 2.05) is 30.3 Å². The number of ketones is 1. The monoisotopic (exact) mass is 415 g/mol. The Bertz CT molecular complexity index is 778. The fourth-order valence-corrected chi connectivity index (χ4v) is 3.92. The number of fused-ring (bicyclic) bond motifs is 1. The number of ether oxygens (including phenoxy) is 1. The van der Waals surface area contributed by atoms with E-state index in [-0.39, 0.29) is 29.8 Å². The van der Waals surface area contributed by atoms with Gasteiger partial charge in [0.05, 0.1) is 18.0 Å². The molecule has 0 fully saturated rings. The molecular formula is C21H22BrNO3. The van der Waals surface area contributed by atoms with Crippen LogP contribution in [0.1, 0.15) is 29.7 Å². The Balaban J connectivity index is 1.99. The summed E-state index contributed by atoms with van der Waals surface area (Å²) in [6.07, 6.45) is 0.613. The summed E-state index contributed by atoms with van der Waals surface area (Å²) in [6.45, 7) is 2.01. The average molecular weight is 416 g/mol. The molecule has 3 rings (SSSR count). The molecular weight excluding hydrogens is 394 g/mol. The highest BCUT2D eigenvalue weighted by Crippen LogP contribution is 2.33. The predicted molar refractivity (Wildman–Crippen MR) is 104 cm³/mol. The normalized spacial score (nSPS) is 20.1. The van der Waals surface area contributed by atoms with Crippen LogP contribution in [0.2, 0.25) is 0 Å². The molecule has 0 radical (unpaired) electrons. The molecule has 4 nitrogen and oxygen atoms in total. The molecule has 0 saturated heterocycles. The number of benzene rings is 2. The Morgan fingerprint density at radius 3 is 2.54 bits per heavy atom. The maximum Gasteiger partial charge on any atom is 0.318 e. The SMILES string of the molecule is CCOC(=O)C(C(=O)CBr)[C@@H]1Cc2ccccc2[C@H](c2ccccc2)N1. The maximum absolute atomic E-state index is 12.5. The van der Waals surface area contributed by atoms with Crippen LogP contribution in [0.25, 0.3) is 0 Å². The van der Waals surface area contributed by atoms with Crippen molar-refractivity contribution in [2.45, 2.75) is 25.4 Å². The van der Waals surface area contributed by atoms with Gasteiger partial charge in [-0.05, 0) is 30.0 Å². The van der Waals surface area contributed by atoms with Gasteiger partial charge in [-0.2, -0.15) is 0 Å². The molecule has 0 amide bonds. The van der Waals surface area contributed by atoms with Crippen LogP contribution in [0, 0.1) is 5.92 Å². The lowest BCUT2D eigenvalue weighted by molar-refractivity contribution is -0.152. The Morgan fingerprint density at radius 2 is 1.85 bits per heavy atom. The van der Waals surface area contributed by atoms with Crippen LogP contribution >= 0.6 is 15.9 Å². The minimum absolute atomic E-state index is 0.0637. The molecule has 0 spiro atoms. The zero-order chi connectivity index (χ0) is 18.5. The van der Waals surface area contributed by atoms with Gasteiger partial charge in [-0.1, -0.05) is 70.5 Å². The third kappa shape index (κ3) is 3.89. The molecule has 2 aromatic carbocycles. The summed E-state index contributed by atoms with van der Waals surface area (Å²) < 4.78 is 5.19. The van der Waals surface area contributed by atoms with Crippen molar-refractivity contribution in [1.82, 2.24) is 5.32 Å². The minimum atomic E-state index is -0.825. The largest absolute Gasteiger partial charge is 0.465 e. The van der Waals surface area contributed by atoms with E-state index >= 15 is 0 Å². The molecule has 5 heteroatoms. The summed E-state index contributed by atoms with van der Waals surface area (Å²) in [6, 6.07) is 17.9. The van der Waals surface area contributed by atoms with Crippen molar-refractivity contribution in [2.24, 2.45) is 5.92 Å². The molecule has 1 aliphatic rings. The molecule has 1 unspecified atom stereocenters. The molecule has 1 N–H and O–H groups in total. The van der Waals surface area contributed by atoms with E-state index in [1.165, 1.54) is 5.56 Å². The van der Waals surface area contributed by atoms with E-state index < -0.39 is 11.9 Å². The van der Waals surface area contributed by atoms with Crippen molar-refractivity contribution in [3.8, 4) is 0 Å². The van der Waals surface area contributed by atoms with Gasteiger partial charge >= 0.3 is 5.97 Å².